The first-order valence-electron chi connectivity index (χ1n) is 7.64. The molecule has 1 aromatic rings. The third-order valence-corrected chi connectivity index (χ3v) is 4.59. The maximum atomic E-state index is 12.7. The van der Waals surface area contributed by atoms with Gasteiger partial charge in [0.2, 0.25) is 5.91 Å². The molecule has 1 N–H and O–H groups in total. The van der Waals surface area contributed by atoms with Gasteiger partial charge in [-0.3, -0.25) is 4.79 Å². The number of amides is 1. The molecule has 2 aliphatic heterocycles. The van der Waals surface area contributed by atoms with Crippen LogP contribution in [0.1, 0.15) is 37.8 Å². The summed E-state index contributed by atoms with van der Waals surface area (Å²) < 4.78 is 0. The average Bonchev–Trinajstić information content (AvgIpc) is 2.45. The second kappa shape index (κ2) is 5.21. The molecule has 20 heavy (non-hydrogen) atoms. The Bertz CT molecular complexity index is 509. The van der Waals surface area contributed by atoms with Crippen molar-refractivity contribution in [1.82, 2.24) is 10.2 Å². The first kappa shape index (κ1) is 13.6. The minimum atomic E-state index is -0.0428. The molecule has 1 atom stereocenters. The number of benzene rings is 1. The van der Waals surface area contributed by atoms with Crippen LogP contribution in [-0.2, 0) is 17.8 Å². The molecule has 2 aliphatic rings. The Balaban J connectivity index is 1.70. The number of piperidine rings is 1. The SMILES string of the molecule is CC1(C)CCCN(C(=O)[C@H]2Cc3ccccc3CN2)C1. The molecule has 1 saturated heterocycles. The molecule has 2 heterocycles. The molecule has 1 amide bonds. The molecule has 3 nitrogen and oxygen atoms in total. The first-order chi connectivity index (χ1) is 9.55. The number of hydrogen-bond donors (Lipinski definition) is 1. The summed E-state index contributed by atoms with van der Waals surface area (Å²) in [5.74, 6) is 0.285. The summed E-state index contributed by atoms with van der Waals surface area (Å²) in [6, 6.07) is 8.38. The van der Waals surface area contributed by atoms with E-state index in [4.69, 9.17) is 0 Å². The van der Waals surface area contributed by atoms with Crippen molar-refractivity contribution in [2.45, 2.75) is 45.7 Å². The van der Waals surface area contributed by atoms with Gasteiger partial charge >= 0.3 is 0 Å². The van der Waals surface area contributed by atoms with E-state index in [1.807, 2.05) is 0 Å². The van der Waals surface area contributed by atoms with Gasteiger partial charge in [0.1, 0.15) is 0 Å². The fourth-order valence-corrected chi connectivity index (χ4v) is 3.46. The molecule has 0 aliphatic carbocycles. The van der Waals surface area contributed by atoms with Crippen LogP contribution in [0, 0.1) is 5.41 Å². The number of nitrogens with zero attached hydrogens (tertiary/aromatic N) is 1. The zero-order chi connectivity index (χ0) is 14.2. The minimum Gasteiger partial charge on any atom is -0.341 e. The summed E-state index contributed by atoms with van der Waals surface area (Å²) in [5, 5.41) is 3.41. The Morgan fingerprint density at radius 1 is 1.30 bits per heavy atom. The molecule has 0 unspecified atom stereocenters. The lowest BCUT2D eigenvalue weighted by molar-refractivity contribution is -0.136. The van der Waals surface area contributed by atoms with Crippen molar-refractivity contribution >= 4 is 5.91 Å². The summed E-state index contributed by atoms with van der Waals surface area (Å²) in [4.78, 5) is 14.8. The maximum absolute atomic E-state index is 12.7. The van der Waals surface area contributed by atoms with Gasteiger partial charge in [-0.25, -0.2) is 0 Å². The number of fused-ring (bicyclic) bond motifs is 1. The van der Waals surface area contributed by atoms with Gasteiger partial charge in [0, 0.05) is 19.6 Å². The summed E-state index contributed by atoms with van der Waals surface area (Å²) >= 11 is 0. The quantitative estimate of drug-likeness (QED) is 0.851. The van der Waals surface area contributed by atoms with E-state index in [1.165, 1.54) is 17.5 Å². The monoisotopic (exact) mass is 272 g/mol. The van der Waals surface area contributed by atoms with Crippen LogP contribution in [0.4, 0.5) is 0 Å². The van der Waals surface area contributed by atoms with E-state index in [-0.39, 0.29) is 17.4 Å². The van der Waals surface area contributed by atoms with Gasteiger partial charge in [-0.15, -0.1) is 0 Å². The van der Waals surface area contributed by atoms with Crippen molar-refractivity contribution < 1.29 is 4.79 Å². The van der Waals surface area contributed by atoms with Crippen molar-refractivity contribution in [3.63, 3.8) is 0 Å². The van der Waals surface area contributed by atoms with Gasteiger partial charge in [-0.2, -0.15) is 0 Å². The topological polar surface area (TPSA) is 32.3 Å². The molecular formula is C17H24N2O. The van der Waals surface area contributed by atoms with Crippen LogP contribution in [0.15, 0.2) is 24.3 Å². The van der Waals surface area contributed by atoms with Crippen molar-refractivity contribution in [2.75, 3.05) is 13.1 Å². The van der Waals surface area contributed by atoms with E-state index in [1.54, 1.807) is 0 Å². The number of rotatable bonds is 1. The molecule has 108 valence electrons. The Labute approximate surface area is 121 Å². The van der Waals surface area contributed by atoms with Gasteiger partial charge in [0.05, 0.1) is 6.04 Å². The van der Waals surface area contributed by atoms with E-state index in [0.717, 1.165) is 32.5 Å². The molecule has 0 bridgehead atoms. The van der Waals surface area contributed by atoms with E-state index < -0.39 is 0 Å². The second-order valence-corrected chi connectivity index (χ2v) is 6.93. The summed E-state index contributed by atoms with van der Waals surface area (Å²) in [7, 11) is 0. The lowest BCUT2D eigenvalue weighted by Crippen LogP contribution is -2.53. The van der Waals surface area contributed by atoms with Crippen LogP contribution in [0.3, 0.4) is 0 Å². The van der Waals surface area contributed by atoms with Crippen LogP contribution in [0.5, 0.6) is 0 Å². The zero-order valence-corrected chi connectivity index (χ0v) is 12.5. The van der Waals surface area contributed by atoms with E-state index >= 15 is 0 Å². The van der Waals surface area contributed by atoms with Crippen molar-refractivity contribution in [3.8, 4) is 0 Å². The second-order valence-electron chi connectivity index (χ2n) is 6.93. The van der Waals surface area contributed by atoms with Gasteiger partial charge in [-0.05, 0) is 35.8 Å². The molecule has 0 saturated carbocycles. The summed E-state index contributed by atoms with van der Waals surface area (Å²) in [6.07, 6.45) is 3.17. The molecule has 0 spiro atoms. The number of carbonyl (C=O) groups is 1. The zero-order valence-electron chi connectivity index (χ0n) is 12.5. The van der Waals surface area contributed by atoms with Crippen LogP contribution in [-0.4, -0.2) is 29.9 Å². The molecule has 3 rings (SSSR count). The predicted octanol–water partition coefficient (Wildman–Crippen LogP) is 2.35. The van der Waals surface area contributed by atoms with Crippen LogP contribution in [0.25, 0.3) is 0 Å². The van der Waals surface area contributed by atoms with Crippen molar-refractivity contribution in [2.24, 2.45) is 5.41 Å². The Morgan fingerprint density at radius 3 is 2.80 bits per heavy atom. The van der Waals surface area contributed by atoms with Gasteiger partial charge in [0.15, 0.2) is 0 Å². The minimum absolute atomic E-state index is 0.0428. The van der Waals surface area contributed by atoms with Crippen LogP contribution in [0.2, 0.25) is 0 Å². The standard InChI is InChI=1S/C17H24N2O/c1-17(2)8-5-9-19(12-17)16(20)15-10-13-6-3-4-7-14(13)11-18-15/h3-4,6-7,15,18H,5,8-12H2,1-2H3/t15-/m1/s1. The molecular weight excluding hydrogens is 248 g/mol. The lowest BCUT2D eigenvalue weighted by atomic mass is 9.83. The van der Waals surface area contributed by atoms with E-state index in [2.05, 4.69) is 48.3 Å². The highest BCUT2D eigenvalue weighted by molar-refractivity contribution is 5.82. The molecule has 0 aromatic heterocycles. The molecule has 0 radical (unpaired) electrons. The van der Waals surface area contributed by atoms with E-state index in [0.29, 0.717) is 0 Å². The molecule has 1 fully saturated rings. The lowest BCUT2D eigenvalue weighted by Gasteiger charge is -2.40. The maximum Gasteiger partial charge on any atom is 0.240 e. The van der Waals surface area contributed by atoms with Gasteiger partial charge in [-0.1, -0.05) is 38.1 Å². The smallest absolute Gasteiger partial charge is 0.240 e. The van der Waals surface area contributed by atoms with Gasteiger partial charge < -0.3 is 10.2 Å². The predicted molar refractivity (Wildman–Crippen MR) is 80.4 cm³/mol. The van der Waals surface area contributed by atoms with Crippen molar-refractivity contribution in [3.05, 3.63) is 35.4 Å². The first-order valence-corrected chi connectivity index (χ1v) is 7.64. The highest BCUT2D eigenvalue weighted by atomic mass is 16.2. The Morgan fingerprint density at radius 2 is 2.05 bits per heavy atom. The molecule has 3 heteroatoms. The number of carbonyl (C=O) groups excluding carboxylic acids is 1. The Hall–Kier alpha value is -1.35. The average molecular weight is 272 g/mol. The fraction of sp³-hybridized carbons (Fsp3) is 0.588. The highest BCUT2D eigenvalue weighted by Gasteiger charge is 2.33. The van der Waals surface area contributed by atoms with Gasteiger partial charge in [0.25, 0.3) is 0 Å². The largest absolute Gasteiger partial charge is 0.341 e. The normalized spacial score (nSPS) is 25.1. The van der Waals surface area contributed by atoms with Crippen molar-refractivity contribution in [1.29, 1.82) is 0 Å². The Kier molecular flexibility index (Phi) is 3.55. The number of likely N-dealkylation sites (tertiary alicyclic amines) is 1. The van der Waals surface area contributed by atoms with Crippen LogP contribution >= 0.6 is 0 Å². The molecule has 1 aromatic carbocycles. The van der Waals surface area contributed by atoms with E-state index in [9.17, 15) is 4.79 Å². The summed E-state index contributed by atoms with van der Waals surface area (Å²) in [5.41, 5.74) is 2.91. The number of hydrogen-bond acceptors (Lipinski definition) is 2. The summed E-state index contributed by atoms with van der Waals surface area (Å²) in [6.45, 7) is 7.14. The highest BCUT2D eigenvalue weighted by Crippen LogP contribution is 2.29. The third-order valence-electron chi connectivity index (χ3n) is 4.59. The van der Waals surface area contributed by atoms with Crippen LogP contribution < -0.4 is 5.32 Å². The fourth-order valence-electron chi connectivity index (χ4n) is 3.46. The third kappa shape index (κ3) is 2.73. The number of nitrogens with one attached hydrogen (secondary N) is 1.